The van der Waals surface area contributed by atoms with Gasteiger partial charge in [-0.1, -0.05) is 30.3 Å². The number of fused-ring (bicyclic) bond motifs is 1. The minimum Gasteiger partial charge on any atom is -0.393 e. The van der Waals surface area contributed by atoms with Crippen molar-refractivity contribution in [3.05, 3.63) is 42.1 Å². The third-order valence-electron chi connectivity index (χ3n) is 5.83. The predicted octanol–water partition coefficient (Wildman–Crippen LogP) is 2.58. The zero-order valence-electron chi connectivity index (χ0n) is 14.1. The molecule has 1 aromatic heterocycles. The van der Waals surface area contributed by atoms with Crippen LogP contribution in [0.5, 0.6) is 0 Å². The Morgan fingerprint density at radius 1 is 1.33 bits per heavy atom. The highest BCUT2D eigenvalue weighted by Gasteiger charge is 2.50. The van der Waals surface area contributed by atoms with Gasteiger partial charge in [0.25, 0.3) is 0 Å². The van der Waals surface area contributed by atoms with Gasteiger partial charge in [-0.15, -0.1) is 0 Å². The van der Waals surface area contributed by atoms with E-state index in [1.165, 1.54) is 5.56 Å². The number of benzene rings is 1. The summed E-state index contributed by atoms with van der Waals surface area (Å²) in [4.78, 5) is 2.46. The zero-order chi connectivity index (χ0) is 16.6. The van der Waals surface area contributed by atoms with Crippen molar-refractivity contribution in [1.82, 2.24) is 15.1 Å². The van der Waals surface area contributed by atoms with Gasteiger partial charge >= 0.3 is 0 Å². The molecule has 5 nitrogen and oxygen atoms in total. The van der Waals surface area contributed by atoms with Crippen molar-refractivity contribution < 1.29 is 9.84 Å². The van der Waals surface area contributed by atoms with Gasteiger partial charge in [0.15, 0.2) is 0 Å². The lowest BCUT2D eigenvalue weighted by Gasteiger charge is -2.42. The van der Waals surface area contributed by atoms with Gasteiger partial charge < -0.3 is 9.84 Å². The molecule has 128 valence electrons. The molecule has 1 aliphatic carbocycles. The molecule has 24 heavy (non-hydrogen) atoms. The molecule has 1 aromatic carbocycles. The zero-order valence-corrected chi connectivity index (χ0v) is 14.1. The number of ether oxygens (including phenoxy) is 1. The molecule has 0 radical (unpaired) electrons. The number of rotatable bonds is 4. The lowest BCUT2D eigenvalue weighted by Crippen LogP contribution is -2.51. The summed E-state index contributed by atoms with van der Waals surface area (Å²) in [6, 6.07) is 10.6. The summed E-state index contributed by atoms with van der Waals surface area (Å²) in [7, 11) is 1.82. The highest BCUT2D eigenvalue weighted by molar-refractivity contribution is 5.62. The Hall–Kier alpha value is -1.69. The molecular formula is C19H25N3O2. The third-order valence-corrected chi connectivity index (χ3v) is 5.83. The van der Waals surface area contributed by atoms with Gasteiger partial charge in [-0.25, -0.2) is 0 Å². The molecule has 0 amide bonds. The van der Waals surface area contributed by atoms with E-state index in [-0.39, 0.29) is 17.7 Å². The van der Waals surface area contributed by atoms with E-state index in [1.54, 1.807) is 0 Å². The van der Waals surface area contributed by atoms with Gasteiger partial charge in [0, 0.05) is 31.8 Å². The molecule has 2 N–H and O–H groups in total. The van der Waals surface area contributed by atoms with Crippen LogP contribution < -0.4 is 0 Å². The van der Waals surface area contributed by atoms with Crippen molar-refractivity contribution in [2.24, 2.45) is 0 Å². The Bertz CT molecular complexity index is 687. The second-order valence-electron chi connectivity index (χ2n) is 7.07. The smallest absolute Gasteiger partial charge is 0.0847 e. The summed E-state index contributed by atoms with van der Waals surface area (Å²) in [6.07, 6.45) is 5.35. The van der Waals surface area contributed by atoms with Crippen LogP contribution in [0.3, 0.4) is 0 Å². The van der Waals surface area contributed by atoms with Crippen LogP contribution >= 0.6 is 0 Å². The minimum atomic E-state index is -0.211. The van der Waals surface area contributed by atoms with Gasteiger partial charge in [0.2, 0.25) is 0 Å². The first kappa shape index (κ1) is 15.8. The molecule has 3 atom stereocenters. The van der Waals surface area contributed by atoms with Crippen molar-refractivity contribution in [2.75, 3.05) is 13.7 Å². The molecule has 4 rings (SSSR count). The second kappa shape index (κ2) is 6.31. The number of likely N-dealkylation sites (tertiary alicyclic amines) is 1. The van der Waals surface area contributed by atoms with Crippen LogP contribution in [0.15, 0.2) is 36.5 Å². The van der Waals surface area contributed by atoms with E-state index in [0.29, 0.717) is 0 Å². The normalized spacial score (nSPS) is 30.4. The first-order valence-electron chi connectivity index (χ1n) is 8.77. The summed E-state index contributed by atoms with van der Waals surface area (Å²) in [5.74, 6) is 0. The molecular weight excluding hydrogens is 302 g/mol. The summed E-state index contributed by atoms with van der Waals surface area (Å²) in [5, 5.41) is 17.5. The molecule has 1 saturated carbocycles. The molecule has 5 heteroatoms. The Morgan fingerprint density at radius 3 is 2.96 bits per heavy atom. The molecule has 2 aliphatic rings. The average Bonchev–Trinajstić information content (AvgIpc) is 3.22. The number of methoxy groups -OCH3 is 1. The Labute approximate surface area is 142 Å². The van der Waals surface area contributed by atoms with Crippen molar-refractivity contribution in [1.29, 1.82) is 0 Å². The monoisotopic (exact) mass is 327 g/mol. The van der Waals surface area contributed by atoms with Crippen molar-refractivity contribution in [3.8, 4) is 11.3 Å². The first-order chi connectivity index (χ1) is 11.7. The van der Waals surface area contributed by atoms with Gasteiger partial charge in [0.1, 0.15) is 0 Å². The van der Waals surface area contributed by atoms with Gasteiger partial charge in [0.05, 0.1) is 23.6 Å². The third kappa shape index (κ3) is 2.66. The molecule has 2 fully saturated rings. The molecule has 0 spiro atoms. The van der Waals surface area contributed by atoms with Crippen molar-refractivity contribution in [3.63, 3.8) is 0 Å². The number of H-pyrrole nitrogens is 1. The van der Waals surface area contributed by atoms with Gasteiger partial charge in [-0.3, -0.25) is 10.00 Å². The fourth-order valence-corrected chi connectivity index (χ4v) is 4.46. The van der Waals surface area contributed by atoms with Crippen LogP contribution in [0.4, 0.5) is 0 Å². The summed E-state index contributed by atoms with van der Waals surface area (Å²) in [5.41, 5.74) is 3.36. The largest absolute Gasteiger partial charge is 0.393 e. The van der Waals surface area contributed by atoms with E-state index in [4.69, 9.17) is 4.74 Å². The molecule has 2 aromatic rings. The SMILES string of the molecule is CO[C@@]12CC[C@H](O)C[C@@H]1N(Cc1cn[nH]c1-c1ccccc1)CC2. The van der Waals surface area contributed by atoms with E-state index in [1.807, 2.05) is 31.5 Å². The summed E-state index contributed by atoms with van der Waals surface area (Å²) >= 11 is 0. The fraction of sp³-hybridized carbons (Fsp3) is 0.526. The molecule has 1 aliphatic heterocycles. The Kier molecular flexibility index (Phi) is 4.16. The number of aliphatic hydroxyl groups excluding tert-OH is 1. The number of hydrogen-bond acceptors (Lipinski definition) is 4. The van der Waals surface area contributed by atoms with E-state index in [2.05, 4.69) is 27.2 Å². The van der Waals surface area contributed by atoms with Crippen LogP contribution in [-0.4, -0.2) is 51.6 Å². The topological polar surface area (TPSA) is 61.4 Å². The lowest BCUT2D eigenvalue weighted by molar-refractivity contribution is -0.0879. The van der Waals surface area contributed by atoms with Crippen LogP contribution in [0, 0.1) is 0 Å². The van der Waals surface area contributed by atoms with E-state index < -0.39 is 0 Å². The quantitative estimate of drug-likeness (QED) is 0.906. The highest BCUT2D eigenvalue weighted by Crippen LogP contribution is 2.43. The summed E-state index contributed by atoms with van der Waals surface area (Å²) < 4.78 is 5.94. The maximum atomic E-state index is 10.1. The van der Waals surface area contributed by atoms with Crippen LogP contribution in [-0.2, 0) is 11.3 Å². The van der Waals surface area contributed by atoms with Crippen LogP contribution in [0.2, 0.25) is 0 Å². The molecule has 2 heterocycles. The number of nitrogens with one attached hydrogen (secondary N) is 1. The number of aromatic amines is 1. The number of aromatic nitrogens is 2. The van der Waals surface area contributed by atoms with Crippen LogP contribution in [0.25, 0.3) is 11.3 Å². The molecule has 0 unspecified atom stereocenters. The molecule has 0 bridgehead atoms. The van der Waals surface area contributed by atoms with E-state index >= 15 is 0 Å². The number of aliphatic hydroxyl groups is 1. The lowest BCUT2D eigenvalue weighted by atomic mass is 9.79. The van der Waals surface area contributed by atoms with Gasteiger partial charge in [-0.05, 0) is 31.2 Å². The van der Waals surface area contributed by atoms with E-state index in [0.717, 1.165) is 50.0 Å². The van der Waals surface area contributed by atoms with Crippen molar-refractivity contribution in [2.45, 2.75) is 50.0 Å². The number of nitrogens with zero attached hydrogens (tertiary/aromatic N) is 2. The standard InChI is InChI=1S/C19H25N3O2/c1-24-19-8-7-16(23)11-17(19)22(10-9-19)13-15-12-20-21-18(15)14-5-3-2-4-6-14/h2-6,12,16-17,23H,7-11,13H2,1H3,(H,20,21)/t16-,17-,19+/m0/s1. The maximum absolute atomic E-state index is 10.1. The fourth-order valence-electron chi connectivity index (χ4n) is 4.46. The Balaban J connectivity index is 1.57. The first-order valence-corrected chi connectivity index (χ1v) is 8.77. The highest BCUT2D eigenvalue weighted by atomic mass is 16.5. The van der Waals surface area contributed by atoms with E-state index in [9.17, 15) is 5.11 Å². The maximum Gasteiger partial charge on any atom is 0.0847 e. The summed E-state index contributed by atoms with van der Waals surface area (Å²) in [6.45, 7) is 1.84. The van der Waals surface area contributed by atoms with Gasteiger partial charge in [-0.2, -0.15) is 5.10 Å². The van der Waals surface area contributed by atoms with Crippen molar-refractivity contribution >= 4 is 0 Å². The molecule has 1 saturated heterocycles. The number of hydrogen-bond donors (Lipinski definition) is 2. The average molecular weight is 327 g/mol. The Morgan fingerprint density at radius 2 is 2.17 bits per heavy atom. The minimum absolute atomic E-state index is 0.0874. The predicted molar refractivity (Wildman–Crippen MR) is 92.4 cm³/mol. The second-order valence-corrected chi connectivity index (χ2v) is 7.07. The van der Waals surface area contributed by atoms with Crippen LogP contribution in [0.1, 0.15) is 31.2 Å².